The summed E-state index contributed by atoms with van der Waals surface area (Å²) in [5.74, 6) is 0.997. The lowest BCUT2D eigenvalue weighted by Crippen LogP contribution is -2.59. The van der Waals surface area contributed by atoms with Gasteiger partial charge in [0.25, 0.3) is 0 Å². The number of ether oxygens (including phenoxy) is 2. The second-order valence-electron chi connectivity index (χ2n) is 7.39. The van der Waals surface area contributed by atoms with E-state index in [1.54, 1.807) is 0 Å². The van der Waals surface area contributed by atoms with Crippen molar-refractivity contribution < 1.29 is 9.47 Å². The van der Waals surface area contributed by atoms with Crippen LogP contribution >= 0.6 is 0 Å². The van der Waals surface area contributed by atoms with Gasteiger partial charge in [-0.15, -0.1) is 0 Å². The smallest absolute Gasteiger partial charge is 0.199 e. The summed E-state index contributed by atoms with van der Waals surface area (Å²) in [6.07, 6.45) is 2.20. The molecule has 130 valence electrons. The van der Waals surface area contributed by atoms with Gasteiger partial charge in [0.1, 0.15) is 5.75 Å². The fourth-order valence-electron chi connectivity index (χ4n) is 4.60. The molecule has 3 unspecified atom stereocenters. The van der Waals surface area contributed by atoms with Crippen molar-refractivity contribution in [2.45, 2.75) is 37.2 Å². The minimum Gasteiger partial charge on any atom is -0.464 e. The number of piperidine rings is 1. The van der Waals surface area contributed by atoms with Gasteiger partial charge in [-0.05, 0) is 32.0 Å². The Bertz CT molecular complexity index is 737. The monoisotopic (exact) mass is 336 g/mol. The Labute approximate surface area is 149 Å². The summed E-state index contributed by atoms with van der Waals surface area (Å²) in [6, 6.07) is 20.5. The average Bonchev–Trinajstić information content (AvgIpc) is 3.02. The average molecular weight is 336 g/mol. The zero-order valence-corrected chi connectivity index (χ0v) is 14.5. The molecule has 5 rings (SSSR count). The van der Waals surface area contributed by atoms with Crippen LogP contribution in [0.1, 0.15) is 24.6 Å². The van der Waals surface area contributed by atoms with Gasteiger partial charge < -0.3 is 14.4 Å². The van der Waals surface area contributed by atoms with Gasteiger partial charge in [0.05, 0.1) is 18.9 Å². The molecule has 3 aliphatic heterocycles. The maximum atomic E-state index is 6.39. The highest BCUT2D eigenvalue weighted by Crippen LogP contribution is 2.47. The van der Waals surface area contributed by atoms with Crippen LogP contribution in [0, 0.1) is 0 Å². The number of rotatable bonds is 2. The Morgan fingerprint density at radius 2 is 1.52 bits per heavy atom. The molecular formula is C21H24N2O2. The minimum atomic E-state index is -0.0337. The van der Waals surface area contributed by atoms with Crippen LogP contribution in [0.3, 0.4) is 0 Å². The number of likely N-dealkylation sites (N-methyl/N-ethyl adjacent to an activating group) is 1. The van der Waals surface area contributed by atoms with Gasteiger partial charge in [0.15, 0.2) is 6.23 Å². The van der Waals surface area contributed by atoms with E-state index in [1.165, 1.54) is 11.3 Å². The number of morpholine rings is 1. The quantitative estimate of drug-likeness (QED) is 0.839. The lowest BCUT2D eigenvalue weighted by molar-refractivity contribution is -0.0668. The fraction of sp³-hybridized carbons (Fsp3) is 0.429. The molecule has 0 amide bonds. The molecule has 0 radical (unpaired) electrons. The molecule has 0 N–H and O–H groups in total. The number of hydrogen-bond acceptors (Lipinski definition) is 4. The Morgan fingerprint density at radius 3 is 2.28 bits per heavy atom. The molecule has 2 aromatic carbocycles. The van der Waals surface area contributed by atoms with Crippen molar-refractivity contribution in [3.8, 4) is 5.75 Å². The van der Waals surface area contributed by atoms with E-state index in [0.29, 0.717) is 18.1 Å². The Balaban J connectivity index is 1.52. The van der Waals surface area contributed by atoms with E-state index in [2.05, 4.69) is 71.4 Å². The first-order chi connectivity index (χ1) is 12.3. The van der Waals surface area contributed by atoms with E-state index in [0.717, 1.165) is 31.8 Å². The minimum absolute atomic E-state index is 0.0337. The normalized spacial score (nSPS) is 31.5. The molecule has 0 spiro atoms. The molecular weight excluding hydrogens is 312 g/mol. The number of nitrogens with zero attached hydrogens (tertiary/aromatic N) is 2. The molecule has 0 aromatic heterocycles. The topological polar surface area (TPSA) is 24.9 Å². The largest absolute Gasteiger partial charge is 0.464 e. The summed E-state index contributed by atoms with van der Waals surface area (Å²) >= 11 is 0. The number of benzene rings is 2. The van der Waals surface area contributed by atoms with E-state index in [-0.39, 0.29) is 6.23 Å². The SMILES string of the molecule is CN1C2COCC1CC(N1c3ccccc3OC1c1ccccc1)C2. The molecule has 3 atom stereocenters. The van der Waals surface area contributed by atoms with Crippen LogP contribution in [0.4, 0.5) is 5.69 Å². The maximum absolute atomic E-state index is 6.39. The second-order valence-corrected chi connectivity index (χ2v) is 7.39. The standard InChI is InChI=1S/C21H24N2O2/c1-22-17-11-16(12-18(22)14-24-13-17)23-19-9-5-6-10-20(19)25-21(23)15-7-3-2-4-8-15/h2-10,16-18,21H,11-14H2,1H3. The molecule has 4 nitrogen and oxygen atoms in total. The summed E-state index contributed by atoms with van der Waals surface area (Å²) in [5.41, 5.74) is 2.45. The highest BCUT2D eigenvalue weighted by atomic mass is 16.5. The van der Waals surface area contributed by atoms with Gasteiger partial charge in [0, 0.05) is 23.7 Å². The Hall–Kier alpha value is -2.04. The van der Waals surface area contributed by atoms with Gasteiger partial charge in [-0.2, -0.15) is 0 Å². The zero-order valence-electron chi connectivity index (χ0n) is 14.5. The Kier molecular flexibility index (Phi) is 3.68. The van der Waals surface area contributed by atoms with Crippen LogP contribution in [0.15, 0.2) is 54.6 Å². The molecule has 0 saturated carbocycles. The van der Waals surface area contributed by atoms with Gasteiger partial charge in [-0.3, -0.25) is 4.90 Å². The second kappa shape index (κ2) is 6.04. The fourth-order valence-corrected chi connectivity index (χ4v) is 4.60. The third-order valence-electron chi connectivity index (χ3n) is 5.97. The van der Waals surface area contributed by atoms with Crippen LogP contribution in [-0.2, 0) is 4.74 Å². The van der Waals surface area contributed by atoms with Gasteiger partial charge in [-0.1, -0.05) is 42.5 Å². The summed E-state index contributed by atoms with van der Waals surface area (Å²) in [6.45, 7) is 1.69. The van der Waals surface area contributed by atoms with E-state index >= 15 is 0 Å². The van der Waals surface area contributed by atoms with E-state index in [9.17, 15) is 0 Å². The molecule has 2 saturated heterocycles. The highest BCUT2D eigenvalue weighted by molar-refractivity contribution is 5.64. The van der Waals surface area contributed by atoms with Crippen LogP contribution in [0.25, 0.3) is 0 Å². The van der Waals surface area contributed by atoms with Crippen LogP contribution in [-0.4, -0.2) is 43.3 Å². The summed E-state index contributed by atoms with van der Waals surface area (Å²) < 4.78 is 12.2. The van der Waals surface area contributed by atoms with Crippen molar-refractivity contribution in [1.29, 1.82) is 0 Å². The van der Waals surface area contributed by atoms with Gasteiger partial charge in [-0.25, -0.2) is 0 Å². The highest BCUT2D eigenvalue weighted by Gasteiger charge is 2.44. The van der Waals surface area contributed by atoms with Gasteiger partial charge in [0.2, 0.25) is 0 Å². The van der Waals surface area contributed by atoms with Crippen molar-refractivity contribution in [2.75, 3.05) is 25.2 Å². The first-order valence-electron chi connectivity index (χ1n) is 9.20. The van der Waals surface area contributed by atoms with Crippen molar-refractivity contribution in [3.05, 3.63) is 60.2 Å². The molecule has 3 aliphatic rings. The molecule has 3 heterocycles. The molecule has 2 fully saturated rings. The van der Waals surface area contributed by atoms with Crippen molar-refractivity contribution in [2.24, 2.45) is 0 Å². The van der Waals surface area contributed by atoms with Crippen molar-refractivity contribution >= 4 is 5.69 Å². The molecule has 4 heteroatoms. The summed E-state index contributed by atoms with van der Waals surface area (Å²) in [7, 11) is 2.25. The first-order valence-corrected chi connectivity index (χ1v) is 9.20. The van der Waals surface area contributed by atoms with Crippen molar-refractivity contribution in [1.82, 2.24) is 4.90 Å². The first kappa shape index (κ1) is 15.2. The number of anilines is 1. The van der Waals surface area contributed by atoms with Crippen LogP contribution in [0.2, 0.25) is 0 Å². The van der Waals surface area contributed by atoms with Crippen LogP contribution in [0.5, 0.6) is 5.75 Å². The third-order valence-corrected chi connectivity index (χ3v) is 5.97. The van der Waals surface area contributed by atoms with E-state index in [1.807, 2.05) is 0 Å². The summed E-state index contributed by atoms with van der Waals surface area (Å²) in [5, 5.41) is 0. The predicted molar refractivity (Wildman–Crippen MR) is 97.9 cm³/mol. The maximum Gasteiger partial charge on any atom is 0.199 e. The Morgan fingerprint density at radius 1 is 0.840 bits per heavy atom. The number of hydrogen-bond donors (Lipinski definition) is 0. The number of fused-ring (bicyclic) bond motifs is 3. The lowest BCUT2D eigenvalue weighted by atomic mass is 9.89. The van der Waals surface area contributed by atoms with Crippen LogP contribution < -0.4 is 9.64 Å². The molecule has 0 aliphatic carbocycles. The third kappa shape index (κ3) is 2.52. The summed E-state index contributed by atoms with van der Waals surface area (Å²) in [4.78, 5) is 5.03. The molecule has 2 aromatic rings. The predicted octanol–water partition coefficient (Wildman–Crippen LogP) is 3.45. The number of para-hydroxylation sites is 2. The lowest BCUT2D eigenvalue weighted by Gasteiger charge is -2.49. The van der Waals surface area contributed by atoms with Crippen molar-refractivity contribution in [3.63, 3.8) is 0 Å². The van der Waals surface area contributed by atoms with Gasteiger partial charge >= 0.3 is 0 Å². The van der Waals surface area contributed by atoms with E-state index < -0.39 is 0 Å². The van der Waals surface area contributed by atoms with E-state index in [4.69, 9.17) is 9.47 Å². The molecule has 25 heavy (non-hydrogen) atoms. The molecule has 2 bridgehead atoms. The zero-order chi connectivity index (χ0) is 16.8.